The molecule has 0 aliphatic carbocycles. The van der Waals surface area contributed by atoms with Crippen LogP contribution in [-0.2, 0) is 0 Å². The zero-order valence-corrected chi connectivity index (χ0v) is 11.4. The van der Waals surface area contributed by atoms with Gasteiger partial charge in [-0.05, 0) is 30.8 Å². The van der Waals surface area contributed by atoms with Crippen LogP contribution in [-0.4, -0.2) is 30.2 Å². The van der Waals surface area contributed by atoms with Gasteiger partial charge in [0.25, 0.3) is 0 Å². The average Bonchev–Trinajstić information content (AvgIpc) is 2.74. The highest BCUT2D eigenvalue weighted by molar-refractivity contribution is 5.45. The SMILES string of the molecule is CNC(c1ccc2c(c1)OCCCO2)c1ncccn1. The first-order valence-corrected chi connectivity index (χ1v) is 6.72. The Morgan fingerprint density at radius 2 is 1.85 bits per heavy atom. The Morgan fingerprint density at radius 1 is 1.10 bits per heavy atom. The summed E-state index contributed by atoms with van der Waals surface area (Å²) >= 11 is 0. The molecule has 0 saturated heterocycles. The average molecular weight is 271 g/mol. The molecule has 0 saturated carbocycles. The minimum absolute atomic E-state index is 0.0617. The Morgan fingerprint density at radius 3 is 2.60 bits per heavy atom. The third-order valence-corrected chi connectivity index (χ3v) is 3.24. The molecule has 2 heterocycles. The van der Waals surface area contributed by atoms with Gasteiger partial charge in [-0.3, -0.25) is 0 Å². The molecule has 1 aliphatic heterocycles. The summed E-state index contributed by atoms with van der Waals surface area (Å²) in [4.78, 5) is 8.62. The summed E-state index contributed by atoms with van der Waals surface area (Å²) in [5, 5.41) is 3.24. The van der Waals surface area contributed by atoms with E-state index in [2.05, 4.69) is 15.3 Å². The van der Waals surface area contributed by atoms with Crippen molar-refractivity contribution >= 4 is 0 Å². The lowest BCUT2D eigenvalue weighted by atomic mass is 10.1. The Kier molecular flexibility index (Phi) is 3.78. The molecule has 0 radical (unpaired) electrons. The molecular weight excluding hydrogens is 254 g/mol. The predicted octanol–water partition coefficient (Wildman–Crippen LogP) is 1.95. The summed E-state index contributed by atoms with van der Waals surface area (Å²) < 4.78 is 11.4. The normalized spacial score (nSPS) is 15.4. The lowest BCUT2D eigenvalue weighted by Crippen LogP contribution is -2.20. The summed E-state index contributed by atoms with van der Waals surface area (Å²) in [7, 11) is 1.89. The minimum atomic E-state index is -0.0617. The molecule has 2 aromatic rings. The molecular formula is C15H17N3O2. The fraction of sp³-hybridized carbons (Fsp3) is 0.333. The van der Waals surface area contributed by atoms with Crippen LogP contribution >= 0.6 is 0 Å². The smallest absolute Gasteiger partial charge is 0.161 e. The maximum absolute atomic E-state index is 5.73. The van der Waals surface area contributed by atoms with E-state index < -0.39 is 0 Å². The van der Waals surface area contributed by atoms with Crippen molar-refractivity contribution in [2.75, 3.05) is 20.3 Å². The van der Waals surface area contributed by atoms with E-state index in [1.165, 1.54) is 0 Å². The first kappa shape index (κ1) is 12.9. The van der Waals surface area contributed by atoms with Gasteiger partial charge in [0.15, 0.2) is 11.5 Å². The monoisotopic (exact) mass is 271 g/mol. The number of hydrogen-bond donors (Lipinski definition) is 1. The quantitative estimate of drug-likeness (QED) is 0.924. The largest absolute Gasteiger partial charge is 0.490 e. The number of nitrogens with zero attached hydrogens (tertiary/aromatic N) is 2. The maximum Gasteiger partial charge on any atom is 0.161 e. The van der Waals surface area contributed by atoms with Gasteiger partial charge in [0, 0.05) is 18.8 Å². The van der Waals surface area contributed by atoms with E-state index in [9.17, 15) is 0 Å². The predicted molar refractivity (Wildman–Crippen MR) is 75.0 cm³/mol. The number of fused-ring (bicyclic) bond motifs is 1. The summed E-state index contributed by atoms with van der Waals surface area (Å²) in [6.45, 7) is 1.38. The second-order valence-electron chi connectivity index (χ2n) is 4.59. The van der Waals surface area contributed by atoms with Gasteiger partial charge in [-0.2, -0.15) is 0 Å². The van der Waals surface area contributed by atoms with E-state index in [4.69, 9.17) is 9.47 Å². The fourth-order valence-electron chi connectivity index (χ4n) is 2.26. The van der Waals surface area contributed by atoms with Crippen molar-refractivity contribution in [3.8, 4) is 11.5 Å². The summed E-state index contributed by atoms with van der Waals surface area (Å²) in [5.41, 5.74) is 1.06. The van der Waals surface area contributed by atoms with Gasteiger partial charge in [0.05, 0.1) is 19.3 Å². The summed E-state index contributed by atoms with van der Waals surface area (Å²) in [6, 6.07) is 7.71. The highest BCUT2D eigenvalue weighted by atomic mass is 16.5. The van der Waals surface area contributed by atoms with Gasteiger partial charge >= 0.3 is 0 Å². The van der Waals surface area contributed by atoms with Crippen molar-refractivity contribution in [3.63, 3.8) is 0 Å². The van der Waals surface area contributed by atoms with Crippen LogP contribution in [0.15, 0.2) is 36.7 Å². The van der Waals surface area contributed by atoms with E-state index in [1.54, 1.807) is 12.4 Å². The van der Waals surface area contributed by atoms with Crippen LogP contribution in [0.25, 0.3) is 0 Å². The number of ether oxygens (including phenoxy) is 2. The topological polar surface area (TPSA) is 56.3 Å². The standard InChI is InChI=1S/C15H17N3O2/c1-16-14(15-17-6-2-7-18-15)11-4-5-12-13(10-11)20-9-3-8-19-12/h2,4-7,10,14,16H,3,8-9H2,1H3. The molecule has 1 atom stereocenters. The van der Waals surface area contributed by atoms with E-state index >= 15 is 0 Å². The minimum Gasteiger partial charge on any atom is -0.490 e. The Hall–Kier alpha value is -2.14. The van der Waals surface area contributed by atoms with Crippen LogP contribution in [0.1, 0.15) is 23.9 Å². The summed E-state index contributed by atoms with van der Waals surface area (Å²) in [5.74, 6) is 2.33. The van der Waals surface area contributed by atoms with Crippen molar-refractivity contribution in [2.24, 2.45) is 0 Å². The molecule has 104 valence electrons. The highest BCUT2D eigenvalue weighted by Crippen LogP contribution is 2.33. The first-order valence-electron chi connectivity index (χ1n) is 6.72. The molecule has 1 aliphatic rings. The number of benzene rings is 1. The highest BCUT2D eigenvalue weighted by Gasteiger charge is 2.18. The van der Waals surface area contributed by atoms with E-state index in [0.29, 0.717) is 13.2 Å². The molecule has 0 fully saturated rings. The van der Waals surface area contributed by atoms with Crippen molar-refractivity contribution < 1.29 is 9.47 Å². The number of aromatic nitrogens is 2. The lowest BCUT2D eigenvalue weighted by molar-refractivity contribution is 0.297. The maximum atomic E-state index is 5.73. The fourth-order valence-corrected chi connectivity index (χ4v) is 2.26. The molecule has 5 nitrogen and oxygen atoms in total. The van der Waals surface area contributed by atoms with E-state index in [0.717, 1.165) is 29.3 Å². The van der Waals surface area contributed by atoms with Gasteiger partial charge in [-0.1, -0.05) is 6.07 Å². The molecule has 1 N–H and O–H groups in total. The molecule has 0 bridgehead atoms. The van der Waals surface area contributed by atoms with Crippen LogP contribution in [0, 0.1) is 0 Å². The molecule has 1 unspecified atom stereocenters. The van der Waals surface area contributed by atoms with E-state index in [1.807, 2.05) is 31.3 Å². The Balaban J connectivity index is 1.94. The van der Waals surface area contributed by atoms with Gasteiger partial charge in [0.2, 0.25) is 0 Å². The zero-order chi connectivity index (χ0) is 13.8. The third kappa shape index (κ3) is 2.58. The molecule has 0 spiro atoms. The molecule has 20 heavy (non-hydrogen) atoms. The molecule has 5 heteroatoms. The number of hydrogen-bond acceptors (Lipinski definition) is 5. The van der Waals surface area contributed by atoms with Crippen LogP contribution in [0.2, 0.25) is 0 Å². The Labute approximate surface area is 118 Å². The van der Waals surface area contributed by atoms with Crippen LogP contribution in [0.5, 0.6) is 11.5 Å². The second kappa shape index (κ2) is 5.88. The Bertz CT molecular complexity index is 575. The molecule has 1 aromatic heterocycles. The van der Waals surface area contributed by atoms with Crippen LogP contribution in [0.3, 0.4) is 0 Å². The van der Waals surface area contributed by atoms with Gasteiger partial charge in [0.1, 0.15) is 5.82 Å². The first-order chi connectivity index (χ1) is 9.88. The molecule has 0 amide bonds. The van der Waals surface area contributed by atoms with Gasteiger partial charge in [-0.25, -0.2) is 9.97 Å². The third-order valence-electron chi connectivity index (χ3n) is 3.24. The van der Waals surface area contributed by atoms with Crippen LogP contribution in [0.4, 0.5) is 0 Å². The van der Waals surface area contributed by atoms with Gasteiger partial charge < -0.3 is 14.8 Å². The lowest BCUT2D eigenvalue weighted by Gasteiger charge is -2.17. The zero-order valence-electron chi connectivity index (χ0n) is 11.4. The molecule has 3 rings (SSSR count). The molecule has 1 aromatic carbocycles. The van der Waals surface area contributed by atoms with Gasteiger partial charge in [-0.15, -0.1) is 0 Å². The van der Waals surface area contributed by atoms with Crippen molar-refractivity contribution in [1.82, 2.24) is 15.3 Å². The van der Waals surface area contributed by atoms with Crippen molar-refractivity contribution in [1.29, 1.82) is 0 Å². The van der Waals surface area contributed by atoms with Crippen LogP contribution < -0.4 is 14.8 Å². The number of nitrogens with one attached hydrogen (secondary N) is 1. The summed E-state index contributed by atoms with van der Waals surface area (Å²) in [6.07, 6.45) is 4.40. The van der Waals surface area contributed by atoms with E-state index in [-0.39, 0.29) is 6.04 Å². The second-order valence-corrected chi connectivity index (χ2v) is 4.59. The number of rotatable bonds is 3. The van der Waals surface area contributed by atoms with Crippen molar-refractivity contribution in [3.05, 3.63) is 48.0 Å². The van der Waals surface area contributed by atoms with Crippen molar-refractivity contribution in [2.45, 2.75) is 12.5 Å².